The molecule has 0 aliphatic heterocycles. The van der Waals surface area contributed by atoms with Crippen molar-refractivity contribution in [2.75, 3.05) is 0 Å². The maximum absolute atomic E-state index is 11.1. The van der Waals surface area contributed by atoms with E-state index in [1.807, 2.05) is 20.8 Å². The van der Waals surface area contributed by atoms with Crippen molar-refractivity contribution in [3.05, 3.63) is 0 Å². The van der Waals surface area contributed by atoms with Gasteiger partial charge in [-0.1, -0.05) is 27.7 Å². The smallest absolute Gasteiger partial charge is 0.336 e. The molecule has 0 spiro atoms. The topological polar surface area (TPSA) is 57.5 Å². The summed E-state index contributed by atoms with van der Waals surface area (Å²) >= 11 is 0. The summed E-state index contributed by atoms with van der Waals surface area (Å²) in [7, 11) is 0. The summed E-state index contributed by atoms with van der Waals surface area (Å²) in [6.07, 6.45) is 2.34. The summed E-state index contributed by atoms with van der Waals surface area (Å²) in [5, 5.41) is 19.3. The Balaban J connectivity index is 0. The molecule has 0 rings (SSSR count). The third-order valence-electron chi connectivity index (χ3n) is 3.77. The van der Waals surface area contributed by atoms with Crippen LogP contribution in [0.4, 0.5) is 0 Å². The van der Waals surface area contributed by atoms with Crippen molar-refractivity contribution in [2.24, 2.45) is 5.41 Å². The molecule has 0 saturated carbocycles. The second kappa shape index (κ2) is 6.80. The first kappa shape index (κ1) is 17.7. The first-order chi connectivity index (χ1) is 6.44. The fourth-order valence-electron chi connectivity index (χ4n) is 2.38. The minimum Gasteiger partial charge on any atom is -0.479 e. The molecule has 0 saturated heterocycles. The summed E-state index contributed by atoms with van der Waals surface area (Å²) in [5.74, 6) is -1.09. The van der Waals surface area contributed by atoms with Gasteiger partial charge in [0.2, 0.25) is 0 Å². The first-order valence-electron chi connectivity index (χ1n) is 5.39. The summed E-state index contributed by atoms with van der Waals surface area (Å²) in [4.78, 5) is 11.1. The van der Waals surface area contributed by atoms with Crippen LogP contribution >= 0.6 is 0 Å². The maximum atomic E-state index is 11.1. The zero-order valence-corrected chi connectivity index (χ0v) is 12.6. The normalized spacial score (nSPS) is 15.3. The van der Waals surface area contributed by atoms with Gasteiger partial charge in [0.25, 0.3) is 0 Å². The van der Waals surface area contributed by atoms with E-state index in [9.17, 15) is 9.90 Å². The molecule has 0 aliphatic rings. The Morgan fingerprint density at radius 1 is 1.00 bits per heavy atom. The quantitative estimate of drug-likeness (QED) is 0.791. The summed E-state index contributed by atoms with van der Waals surface area (Å²) in [5.41, 5.74) is -2.07. The minimum atomic E-state index is -1.58. The van der Waals surface area contributed by atoms with Gasteiger partial charge in [0.05, 0.1) is 0 Å². The van der Waals surface area contributed by atoms with Gasteiger partial charge in [-0.3, -0.25) is 0 Å². The number of carboxylic acid groups (broad SMARTS) is 1. The van der Waals surface area contributed by atoms with Gasteiger partial charge in [0, 0.05) is 31.6 Å². The largest absolute Gasteiger partial charge is 0.479 e. The van der Waals surface area contributed by atoms with Crippen LogP contribution in [0.3, 0.4) is 0 Å². The van der Waals surface area contributed by atoms with Crippen molar-refractivity contribution in [1.29, 1.82) is 0 Å². The average Bonchev–Trinajstić information content (AvgIpc) is 2.20. The van der Waals surface area contributed by atoms with E-state index in [0.29, 0.717) is 19.3 Å². The van der Waals surface area contributed by atoms with Crippen LogP contribution < -0.4 is 0 Å². The van der Waals surface area contributed by atoms with E-state index >= 15 is 0 Å². The molecule has 1 atom stereocenters. The van der Waals surface area contributed by atoms with Crippen LogP contribution in [0.1, 0.15) is 53.4 Å². The molecule has 88 valence electrons. The first-order valence-corrected chi connectivity index (χ1v) is 5.39. The van der Waals surface area contributed by atoms with Crippen LogP contribution in [0.25, 0.3) is 0 Å². The van der Waals surface area contributed by atoms with Crippen molar-refractivity contribution in [3.63, 3.8) is 0 Å². The molecule has 0 fully saturated rings. The molecule has 0 aromatic heterocycles. The van der Waals surface area contributed by atoms with Crippen molar-refractivity contribution < 1.29 is 41.2 Å². The molecule has 0 aromatic rings. The molecule has 0 aliphatic carbocycles. The Kier molecular flexibility index (Phi) is 8.03. The van der Waals surface area contributed by atoms with E-state index < -0.39 is 17.0 Å². The van der Waals surface area contributed by atoms with E-state index in [2.05, 4.69) is 0 Å². The third-order valence-corrected chi connectivity index (χ3v) is 3.77. The molecular weight excluding hydrogens is 271 g/mol. The summed E-state index contributed by atoms with van der Waals surface area (Å²) < 4.78 is 0. The standard InChI is InChI=1S/C11H22O3.Zr/c1-5-10(6-2,7-3)11(14,8-4)9(12)13;/h14H,5-8H2,1-4H3,(H,12,13);. The molecule has 0 heterocycles. The summed E-state index contributed by atoms with van der Waals surface area (Å²) in [6, 6.07) is 0. The third kappa shape index (κ3) is 2.91. The van der Waals surface area contributed by atoms with Crippen LogP contribution in [0.15, 0.2) is 0 Å². The van der Waals surface area contributed by atoms with Crippen molar-refractivity contribution in [1.82, 2.24) is 0 Å². The molecule has 2 N–H and O–H groups in total. The predicted octanol–water partition coefficient (Wildman–Crippen LogP) is 2.43. The molecule has 3 nitrogen and oxygen atoms in total. The number of rotatable bonds is 6. The number of aliphatic hydroxyl groups is 1. The molecule has 1 unspecified atom stereocenters. The Labute approximate surface area is 111 Å². The van der Waals surface area contributed by atoms with Gasteiger partial charge >= 0.3 is 5.97 Å². The van der Waals surface area contributed by atoms with E-state index in [0.717, 1.165) is 0 Å². The van der Waals surface area contributed by atoms with E-state index in [4.69, 9.17) is 5.11 Å². The van der Waals surface area contributed by atoms with Crippen LogP contribution in [0.5, 0.6) is 0 Å². The van der Waals surface area contributed by atoms with Crippen LogP contribution in [-0.2, 0) is 31.0 Å². The molecule has 0 amide bonds. The van der Waals surface area contributed by atoms with Crippen LogP contribution in [-0.4, -0.2) is 21.8 Å². The van der Waals surface area contributed by atoms with Crippen molar-refractivity contribution in [3.8, 4) is 0 Å². The second-order valence-electron chi connectivity index (χ2n) is 3.86. The Hall–Kier alpha value is 0.313. The van der Waals surface area contributed by atoms with Gasteiger partial charge in [0.1, 0.15) is 0 Å². The van der Waals surface area contributed by atoms with Crippen molar-refractivity contribution >= 4 is 5.97 Å². The van der Waals surface area contributed by atoms with Gasteiger partial charge in [-0.05, 0) is 25.7 Å². The van der Waals surface area contributed by atoms with Gasteiger partial charge in [-0.2, -0.15) is 0 Å². The zero-order chi connectivity index (χ0) is 11.4. The number of carboxylic acids is 1. The van der Waals surface area contributed by atoms with Gasteiger partial charge in [0.15, 0.2) is 5.60 Å². The number of hydrogen-bond acceptors (Lipinski definition) is 2. The van der Waals surface area contributed by atoms with Gasteiger partial charge < -0.3 is 10.2 Å². The fourth-order valence-corrected chi connectivity index (χ4v) is 2.38. The predicted molar refractivity (Wildman–Crippen MR) is 56.2 cm³/mol. The molecule has 4 heteroatoms. The van der Waals surface area contributed by atoms with Crippen LogP contribution in [0.2, 0.25) is 0 Å². The SMILES string of the molecule is CCC(CC)(CC)C(O)(CC)C(=O)O.[Zr]. The monoisotopic (exact) mass is 292 g/mol. The minimum absolute atomic E-state index is 0. The van der Waals surface area contributed by atoms with Crippen LogP contribution in [0, 0.1) is 5.41 Å². The van der Waals surface area contributed by atoms with Gasteiger partial charge in [-0.25, -0.2) is 4.79 Å². The van der Waals surface area contributed by atoms with E-state index in [1.54, 1.807) is 6.92 Å². The number of hydrogen-bond donors (Lipinski definition) is 2. The number of aliphatic carboxylic acids is 1. The molecule has 0 aromatic carbocycles. The Morgan fingerprint density at radius 2 is 1.33 bits per heavy atom. The van der Waals surface area contributed by atoms with E-state index in [-0.39, 0.29) is 32.6 Å². The molecule has 0 radical (unpaired) electrons. The Bertz CT molecular complexity index is 194. The summed E-state index contributed by atoms with van der Waals surface area (Å²) in [6.45, 7) is 7.55. The van der Waals surface area contributed by atoms with Gasteiger partial charge in [-0.15, -0.1) is 0 Å². The molecular formula is C11H22O3Zr. The van der Waals surface area contributed by atoms with E-state index in [1.165, 1.54) is 0 Å². The fraction of sp³-hybridized carbons (Fsp3) is 0.909. The second-order valence-corrected chi connectivity index (χ2v) is 3.86. The molecule has 0 bridgehead atoms. The number of carbonyl (C=O) groups is 1. The Morgan fingerprint density at radius 3 is 1.40 bits per heavy atom. The maximum Gasteiger partial charge on any atom is 0.336 e. The zero-order valence-electron chi connectivity index (χ0n) is 10.1. The van der Waals surface area contributed by atoms with Crippen molar-refractivity contribution in [2.45, 2.75) is 59.0 Å². The molecule has 15 heavy (non-hydrogen) atoms. The average molecular weight is 294 g/mol.